The first-order valence-electron chi connectivity index (χ1n) is 7.69. The van der Waals surface area contributed by atoms with E-state index >= 15 is 0 Å². The predicted octanol–water partition coefficient (Wildman–Crippen LogP) is 3.90. The van der Waals surface area contributed by atoms with Gasteiger partial charge >= 0.3 is 0 Å². The minimum absolute atomic E-state index is 0.0949. The van der Waals surface area contributed by atoms with Crippen LogP contribution in [0, 0.1) is 0 Å². The Balaban J connectivity index is 1.73. The Morgan fingerprint density at radius 1 is 1.12 bits per heavy atom. The van der Waals surface area contributed by atoms with E-state index in [0.717, 1.165) is 11.1 Å². The van der Waals surface area contributed by atoms with Gasteiger partial charge < -0.3 is 4.74 Å². The van der Waals surface area contributed by atoms with Gasteiger partial charge in [0.05, 0.1) is 11.8 Å². The number of para-hydroxylation sites is 1. The van der Waals surface area contributed by atoms with Gasteiger partial charge in [0.25, 0.3) is 0 Å². The molecule has 3 aromatic rings. The van der Waals surface area contributed by atoms with Crippen molar-refractivity contribution in [2.75, 3.05) is 0 Å². The standard InChI is InChI=1S/C20H18N2O2/c1-22-14-17(13-21-22)11-12-19(23)18-9-5-6-10-20(18)24-15-16-7-3-2-4-8-16/h2-14H,15H2,1H3/b12-11+. The highest BCUT2D eigenvalue weighted by molar-refractivity contribution is 6.08. The largest absolute Gasteiger partial charge is 0.488 e. The van der Waals surface area contributed by atoms with Gasteiger partial charge in [0, 0.05) is 18.8 Å². The molecule has 1 heterocycles. The number of allylic oxidation sites excluding steroid dienone is 1. The smallest absolute Gasteiger partial charge is 0.189 e. The number of aromatic nitrogens is 2. The van der Waals surface area contributed by atoms with Gasteiger partial charge in [0.15, 0.2) is 5.78 Å². The van der Waals surface area contributed by atoms with Gasteiger partial charge in [-0.25, -0.2) is 0 Å². The molecule has 0 aliphatic heterocycles. The highest BCUT2D eigenvalue weighted by atomic mass is 16.5. The highest BCUT2D eigenvalue weighted by Gasteiger charge is 2.09. The van der Waals surface area contributed by atoms with E-state index in [0.29, 0.717) is 17.9 Å². The third-order valence-electron chi connectivity index (χ3n) is 3.54. The average molecular weight is 318 g/mol. The lowest BCUT2D eigenvalue weighted by molar-refractivity contribution is 0.104. The summed E-state index contributed by atoms with van der Waals surface area (Å²) >= 11 is 0. The molecule has 0 amide bonds. The minimum Gasteiger partial charge on any atom is -0.488 e. The third kappa shape index (κ3) is 3.98. The molecule has 0 atom stereocenters. The monoisotopic (exact) mass is 318 g/mol. The van der Waals surface area contributed by atoms with Crippen LogP contribution in [-0.4, -0.2) is 15.6 Å². The lowest BCUT2D eigenvalue weighted by Gasteiger charge is -2.09. The van der Waals surface area contributed by atoms with Gasteiger partial charge in [0.2, 0.25) is 0 Å². The fourth-order valence-corrected chi connectivity index (χ4v) is 2.32. The Labute approximate surface area is 141 Å². The van der Waals surface area contributed by atoms with Crippen LogP contribution in [0.2, 0.25) is 0 Å². The van der Waals surface area contributed by atoms with Crippen LogP contribution in [0.15, 0.2) is 73.1 Å². The third-order valence-corrected chi connectivity index (χ3v) is 3.54. The zero-order valence-electron chi connectivity index (χ0n) is 13.4. The Morgan fingerprint density at radius 3 is 2.62 bits per heavy atom. The molecule has 0 N–H and O–H groups in total. The molecule has 0 radical (unpaired) electrons. The van der Waals surface area contributed by atoms with E-state index in [1.807, 2.05) is 61.8 Å². The van der Waals surface area contributed by atoms with Gasteiger partial charge in [0.1, 0.15) is 12.4 Å². The van der Waals surface area contributed by atoms with Crippen LogP contribution < -0.4 is 4.74 Å². The fourth-order valence-electron chi connectivity index (χ4n) is 2.32. The van der Waals surface area contributed by atoms with E-state index in [1.165, 1.54) is 0 Å². The Hall–Kier alpha value is -3.14. The number of rotatable bonds is 6. The summed E-state index contributed by atoms with van der Waals surface area (Å²) in [6.45, 7) is 0.428. The van der Waals surface area contributed by atoms with Crippen molar-refractivity contribution in [3.8, 4) is 5.75 Å². The molecular formula is C20H18N2O2. The first kappa shape index (κ1) is 15.7. The summed E-state index contributed by atoms with van der Waals surface area (Å²) in [6.07, 6.45) is 6.86. The van der Waals surface area contributed by atoms with E-state index in [9.17, 15) is 4.79 Å². The maximum atomic E-state index is 12.5. The first-order valence-corrected chi connectivity index (χ1v) is 7.69. The highest BCUT2D eigenvalue weighted by Crippen LogP contribution is 2.20. The van der Waals surface area contributed by atoms with Crippen LogP contribution in [0.5, 0.6) is 5.75 Å². The number of ketones is 1. The minimum atomic E-state index is -0.0949. The van der Waals surface area contributed by atoms with Crippen LogP contribution >= 0.6 is 0 Å². The van der Waals surface area contributed by atoms with Crippen molar-refractivity contribution in [2.24, 2.45) is 7.05 Å². The number of hydrogen-bond acceptors (Lipinski definition) is 3. The molecule has 0 spiro atoms. The lowest BCUT2D eigenvalue weighted by atomic mass is 10.1. The van der Waals surface area contributed by atoms with Crippen LogP contribution in [0.1, 0.15) is 21.5 Å². The number of aryl methyl sites for hydroxylation is 1. The molecule has 0 saturated carbocycles. The number of hydrogen-bond donors (Lipinski definition) is 0. The number of carbonyl (C=O) groups excluding carboxylic acids is 1. The Morgan fingerprint density at radius 2 is 1.88 bits per heavy atom. The van der Waals surface area contributed by atoms with Gasteiger partial charge in [-0.3, -0.25) is 9.48 Å². The number of benzene rings is 2. The summed E-state index contributed by atoms with van der Waals surface area (Å²) in [6, 6.07) is 17.2. The van der Waals surface area contributed by atoms with Crippen LogP contribution in [0.3, 0.4) is 0 Å². The zero-order chi connectivity index (χ0) is 16.8. The topological polar surface area (TPSA) is 44.1 Å². The summed E-state index contributed by atoms with van der Waals surface area (Å²) in [5.41, 5.74) is 2.49. The molecule has 1 aromatic heterocycles. The fraction of sp³-hybridized carbons (Fsp3) is 0.100. The van der Waals surface area contributed by atoms with Gasteiger partial charge in [-0.2, -0.15) is 5.10 Å². The molecule has 3 rings (SSSR count). The molecule has 0 saturated heterocycles. The summed E-state index contributed by atoms with van der Waals surface area (Å²) in [5.74, 6) is 0.490. The summed E-state index contributed by atoms with van der Waals surface area (Å²) < 4.78 is 7.52. The molecule has 2 aromatic carbocycles. The van der Waals surface area contributed by atoms with Crippen molar-refractivity contribution >= 4 is 11.9 Å². The molecule has 0 bridgehead atoms. The Kier molecular flexibility index (Phi) is 4.87. The van der Waals surface area contributed by atoms with Crippen LogP contribution in [-0.2, 0) is 13.7 Å². The van der Waals surface area contributed by atoms with Gasteiger partial charge in [-0.05, 0) is 29.8 Å². The average Bonchev–Trinajstić information content (AvgIpc) is 3.04. The van der Waals surface area contributed by atoms with E-state index < -0.39 is 0 Å². The Bertz CT molecular complexity index is 851. The van der Waals surface area contributed by atoms with Crippen molar-refractivity contribution < 1.29 is 9.53 Å². The molecule has 0 aliphatic carbocycles. The molecule has 0 unspecified atom stereocenters. The normalized spacial score (nSPS) is 10.9. The predicted molar refractivity (Wildman–Crippen MR) is 93.8 cm³/mol. The molecule has 120 valence electrons. The molecular weight excluding hydrogens is 300 g/mol. The number of carbonyl (C=O) groups is 1. The van der Waals surface area contributed by atoms with Crippen molar-refractivity contribution in [3.63, 3.8) is 0 Å². The lowest BCUT2D eigenvalue weighted by Crippen LogP contribution is -2.02. The molecule has 0 aliphatic rings. The summed E-state index contributed by atoms with van der Waals surface area (Å²) in [4.78, 5) is 12.5. The summed E-state index contributed by atoms with van der Waals surface area (Å²) in [5, 5.41) is 4.08. The van der Waals surface area contributed by atoms with E-state index in [2.05, 4.69) is 5.10 Å². The SMILES string of the molecule is Cn1cc(/C=C/C(=O)c2ccccc2OCc2ccccc2)cn1. The number of ether oxygens (including phenoxy) is 1. The van der Waals surface area contributed by atoms with E-state index in [-0.39, 0.29) is 5.78 Å². The van der Waals surface area contributed by atoms with Crippen LogP contribution in [0.4, 0.5) is 0 Å². The second-order valence-corrected chi connectivity index (χ2v) is 5.42. The maximum absolute atomic E-state index is 12.5. The van der Waals surface area contributed by atoms with Crippen molar-refractivity contribution in [2.45, 2.75) is 6.61 Å². The van der Waals surface area contributed by atoms with Crippen molar-refractivity contribution in [3.05, 3.63) is 89.8 Å². The van der Waals surface area contributed by atoms with E-state index in [1.54, 1.807) is 29.1 Å². The first-order chi connectivity index (χ1) is 11.7. The summed E-state index contributed by atoms with van der Waals surface area (Å²) in [7, 11) is 1.84. The molecule has 4 heteroatoms. The number of nitrogens with zero attached hydrogens (tertiary/aromatic N) is 2. The van der Waals surface area contributed by atoms with Crippen molar-refractivity contribution in [1.29, 1.82) is 0 Å². The van der Waals surface area contributed by atoms with Crippen LogP contribution in [0.25, 0.3) is 6.08 Å². The zero-order valence-corrected chi connectivity index (χ0v) is 13.4. The molecule has 4 nitrogen and oxygen atoms in total. The van der Waals surface area contributed by atoms with Gasteiger partial charge in [-0.15, -0.1) is 0 Å². The van der Waals surface area contributed by atoms with Gasteiger partial charge in [-0.1, -0.05) is 42.5 Å². The van der Waals surface area contributed by atoms with E-state index in [4.69, 9.17) is 4.74 Å². The van der Waals surface area contributed by atoms with Crippen molar-refractivity contribution in [1.82, 2.24) is 9.78 Å². The second-order valence-electron chi connectivity index (χ2n) is 5.42. The maximum Gasteiger partial charge on any atom is 0.189 e. The molecule has 24 heavy (non-hydrogen) atoms. The second kappa shape index (κ2) is 7.42. The molecule has 0 fully saturated rings. The quantitative estimate of drug-likeness (QED) is 0.511.